The molecule has 0 atom stereocenters. The lowest BCUT2D eigenvalue weighted by Gasteiger charge is -2.14. The first-order valence-electron chi connectivity index (χ1n) is 9.49. The zero-order valence-corrected chi connectivity index (χ0v) is 17.1. The van der Waals surface area contributed by atoms with Crippen LogP contribution in [0.25, 0.3) is 0 Å². The van der Waals surface area contributed by atoms with Gasteiger partial charge >= 0.3 is 0 Å². The Kier molecular flexibility index (Phi) is 6.77. The average molecular weight is 416 g/mol. The number of amides is 1. The highest BCUT2D eigenvalue weighted by Gasteiger charge is 2.18. The van der Waals surface area contributed by atoms with Crippen LogP contribution in [-0.2, 0) is 10.0 Å². The van der Waals surface area contributed by atoms with E-state index in [0.717, 1.165) is 12.8 Å². The van der Waals surface area contributed by atoms with Crippen molar-refractivity contribution in [3.05, 3.63) is 65.9 Å². The van der Waals surface area contributed by atoms with Crippen molar-refractivity contribution in [2.24, 2.45) is 0 Å². The Labute approximate surface area is 171 Å². The lowest BCUT2D eigenvalue weighted by molar-refractivity contribution is 0.0940. The number of allylic oxidation sites excluding steroid dienone is 1. The number of methoxy groups -OCH3 is 1. The number of benzene rings is 2. The minimum atomic E-state index is -3.88. The van der Waals surface area contributed by atoms with Crippen LogP contribution >= 0.6 is 0 Å². The van der Waals surface area contributed by atoms with Crippen LogP contribution in [0, 0.1) is 0 Å². The van der Waals surface area contributed by atoms with Gasteiger partial charge in [-0.25, -0.2) is 8.42 Å². The number of hydrogen-bond acceptors (Lipinski definition) is 5. The van der Waals surface area contributed by atoms with Gasteiger partial charge in [0.2, 0.25) is 0 Å². The van der Waals surface area contributed by atoms with E-state index in [1.807, 2.05) is 6.20 Å². The number of hydrogen-bond donors (Lipinski definition) is 3. The van der Waals surface area contributed by atoms with E-state index in [4.69, 9.17) is 4.74 Å². The van der Waals surface area contributed by atoms with E-state index < -0.39 is 15.9 Å². The van der Waals surface area contributed by atoms with Crippen LogP contribution in [0.4, 0.5) is 5.69 Å². The highest BCUT2D eigenvalue weighted by atomic mass is 32.2. The first kappa shape index (κ1) is 20.7. The third-order valence-corrected chi connectivity index (χ3v) is 6.08. The molecule has 1 aliphatic carbocycles. The van der Waals surface area contributed by atoms with Crippen LogP contribution in [0.5, 0.6) is 5.75 Å². The number of para-hydroxylation sites is 2. The van der Waals surface area contributed by atoms with Crippen molar-refractivity contribution >= 4 is 21.6 Å². The van der Waals surface area contributed by atoms with Gasteiger partial charge in [0.25, 0.3) is 15.9 Å². The van der Waals surface area contributed by atoms with Gasteiger partial charge in [0.1, 0.15) is 5.75 Å². The summed E-state index contributed by atoms with van der Waals surface area (Å²) < 4.78 is 33.2. The molecule has 1 aliphatic rings. The monoisotopic (exact) mass is 415 g/mol. The molecule has 3 rings (SSSR count). The van der Waals surface area contributed by atoms with Crippen LogP contribution in [0.1, 0.15) is 42.5 Å². The molecule has 7 nitrogen and oxygen atoms in total. The molecule has 29 heavy (non-hydrogen) atoms. The number of rotatable bonds is 7. The van der Waals surface area contributed by atoms with Crippen LogP contribution in [-0.4, -0.2) is 21.4 Å². The van der Waals surface area contributed by atoms with Crippen LogP contribution < -0.4 is 20.3 Å². The fraction of sp³-hybridized carbons (Fsp3) is 0.286. The maximum absolute atomic E-state index is 12.7. The van der Waals surface area contributed by atoms with E-state index in [2.05, 4.69) is 15.6 Å². The quantitative estimate of drug-likeness (QED) is 0.601. The summed E-state index contributed by atoms with van der Waals surface area (Å²) in [6, 6.07) is 12.6. The summed E-state index contributed by atoms with van der Waals surface area (Å²) in [5.41, 5.74) is 7.25. The van der Waals surface area contributed by atoms with Crippen molar-refractivity contribution in [2.75, 3.05) is 11.8 Å². The van der Waals surface area contributed by atoms with E-state index in [9.17, 15) is 13.2 Å². The van der Waals surface area contributed by atoms with Crippen molar-refractivity contribution in [3.63, 3.8) is 0 Å². The first-order valence-corrected chi connectivity index (χ1v) is 11.0. The van der Waals surface area contributed by atoms with Gasteiger partial charge in [0, 0.05) is 11.8 Å². The first-order chi connectivity index (χ1) is 14.0. The maximum Gasteiger partial charge on any atom is 0.269 e. The Hall–Kier alpha value is -3.00. The molecule has 0 aromatic heterocycles. The zero-order chi connectivity index (χ0) is 20.7. The second kappa shape index (κ2) is 9.47. The van der Waals surface area contributed by atoms with Crippen molar-refractivity contribution in [3.8, 4) is 5.75 Å². The number of nitrogens with one attached hydrogen (secondary N) is 3. The second-order valence-electron chi connectivity index (χ2n) is 6.80. The Morgan fingerprint density at radius 1 is 1.03 bits per heavy atom. The molecule has 154 valence electrons. The van der Waals surface area contributed by atoms with Gasteiger partial charge in [-0.2, -0.15) is 0 Å². The molecule has 2 aromatic carbocycles. The van der Waals surface area contributed by atoms with E-state index in [-0.39, 0.29) is 10.5 Å². The van der Waals surface area contributed by atoms with Gasteiger partial charge in [-0.3, -0.25) is 14.9 Å². The molecule has 0 heterocycles. The second-order valence-corrected chi connectivity index (χ2v) is 8.48. The predicted molar refractivity (Wildman–Crippen MR) is 112 cm³/mol. The van der Waals surface area contributed by atoms with Crippen LogP contribution in [0.2, 0.25) is 0 Å². The lowest BCUT2D eigenvalue weighted by atomic mass is 9.96. The normalized spacial score (nSPS) is 14.0. The number of hydrazine groups is 1. The predicted octanol–water partition coefficient (Wildman–Crippen LogP) is 3.58. The summed E-state index contributed by atoms with van der Waals surface area (Å²) in [5, 5.41) is 0. The molecule has 0 spiro atoms. The Morgan fingerprint density at radius 2 is 1.79 bits per heavy atom. The van der Waals surface area contributed by atoms with Gasteiger partial charge < -0.3 is 10.2 Å². The molecule has 0 bridgehead atoms. The summed E-state index contributed by atoms with van der Waals surface area (Å²) in [6.45, 7) is 0. The average Bonchev–Trinajstić information content (AvgIpc) is 2.74. The Balaban J connectivity index is 1.70. The van der Waals surface area contributed by atoms with E-state index in [1.54, 1.807) is 30.3 Å². The van der Waals surface area contributed by atoms with Crippen LogP contribution in [0.3, 0.4) is 0 Å². The molecule has 2 aromatic rings. The smallest absolute Gasteiger partial charge is 0.269 e. The fourth-order valence-electron chi connectivity index (χ4n) is 3.16. The van der Waals surface area contributed by atoms with E-state index in [1.165, 1.54) is 50.1 Å². The molecular weight excluding hydrogens is 390 g/mol. The minimum absolute atomic E-state index is 0.0123. The molecule has 0 radical (unpaired) electrons. The summed E-state index contributed by atoms with van der Waals surface area (Å²) in [5.74, 6) is -0.00285. The highest BCUT2D eigenvalue weighted by Crippen LogP contribution is 2.26. The van der Waals surface area contributed by atoms with E-state index >= 15 is 0 Å². The molecular formula is C21H25N3O4S. The third-order valence-electron chi connectivity index (χ3n) is 4.72. The zero-order valence-electron chi connectivity index (χ0n) is 16.3. The molecule has 1 amide bonds. The van der Waals surface area contributed by atoms with Crippen molar-refractivity contribution in [1.82, 2.24) is 10.9 Å². The number of anilines is 1. The third kappa shape index (κ3) is 5.51. The Morgan fingerprint density at radius 3 is 2.55 bits per heavy atom. The molecule has 0 saturated heterocycles. The van der Waals surface area contributed by atoms with E-state index in [0.29, 0.717) is 11.4 Å². The van der Waals surface area contributed by atoms with Gasteiger partial charge in [-0.15, -0.1) is 0 Å². The summed E-state index contributed by atoms with van der Waals surface area (Å²) in [6.07, 6.45) is 7.46. The van der Waals surface area contributed by atoms with Crippen molar-refractivity contribution in [2.45, 2.75) is 37.0 Å². The number of ether oxygens (including phenoxy) is 1. The number of carbonyl (C=O) groups is 1. The summed E-state index contributed by atoms with van der Waals surface area (Å²) in [7, 11) is -2.42. The largest absolute Gasteiger partial charge is 0.495 e. The van der Waals surface area contributed by atoms with Gasteiger partial charge in [-0.1, -0.05) is 30.2 Å². The number of sulfonamides is 1. The van der Waals surface area contributed by atoms with Gasteiger partial charge in [0.15, 0.2) is 0 Å². The lowest BCUT2D eigenvalue weighted by Crippen LogP contribution is -2.34. The van der Waals surface area contributed by atoms with Gasteiger partial charge in [-0.05, 0) is 56.0 Å². The van der Waals surface area contributed by atoms with Crippen LogP contribution in [0.15, 0.2) is 65.2 Å². The van der Waals surface area contributed by atoms with Crippen molar-refractivity contribution < 1.29 is 17.9 Å². The maximum atomic E-state index is 12.7. The fourth-order valence-corrected chi connectivity index (χ4v) is 4.28. The standard InChI is InChI=1S/C21H25N3O4S/c1-28-20-13-6-5-12-19(20)24-29(26,27)18-11-7-10-17(14-18)21(25)23-22-15-16-8-3-2-4-9-16/h5-7,10-15,22,24H,2-4,8-9H2,1H3,(H,23,25). The molecule has 3 N–H and O–H groups in total. The highest BCUT2D eigenvalue weighted by molar-refractivity contribution is 7.92. The summed E-state index contributed by atoms with van der Waals surface area (Å²) in [4.78, 5) is 12.4. The molecule has 0 aliphatic heterocycles. The van der Waals surface area contributed by atoms with Gasteiger partial charge in [0.05, 0.1) is 17.7 Å². The molecule has 8 heteroatoms. The topological polar surface area (TPSA) is 96.5 Å². The minimum Gasteiger partial charge on any atom is -0.495 e. The molecule has 0 unspecified atom stereocenters. The molecule has 1 saturated carbocycles. The number of carbonyl (C=O) groups excluding carboxylic acids is 1. The van der Waals surface area contributed by atoms with Crippen molar-refractivity contribution in [1.29, 1.82) is 0 Å². The molecule has 1 fully saturated rings. The Bertz CT molecular complexity index is 994. The SMILES string of the molecule is COc1ccccc1NS(=O)(=O)c1cccc(C(=O)NNC=C2CCCCC2)c1. The summed E-state index contributed by atoms with van der Waals surface area (Å²) >= 11 is 0.